The normalized spacial score (nSPS) is 25.2. The van der Waals surface area contributed by atoms with E-state index in [1.807, 2.05) is 24.3 Å². The highest BCUT2D eigenvalue weighted by Crippen LogP contribution is 2.27. The van der Waals surface area contributed by atoms with Crippen LogP contribution in [-0.2, 0) is 6.42 Å². The predicted octanol–water partition coefficient (Wildman–Crippen LogP) is 3.97. The average Bonchev–Trinajstić information content (AvgIpc) is 2.61. The van der Waals surface area contributed by atoms with Gasteiger partial charge >= 0.3 is 0 Å². The predicted molar refractivity (Wildman–Crippen MR) is 110 cm³/mol. The summed E-state index contributed by atoms with van der Waals surface area (Å²) in [5, 5.41) is 20.8. The van der Waals surface area contributed by atoms with Gasteiger partial charge in [-0.3, -0.25) is 0 Å². The van der Waals surface area contributed by atoms with Crippen molar-refractivity contribution in [1.82, 2.24) is 4.90 Å². The summed E-state index contributed by atoms with van der Waals surface area (Å²) in [5.74, 6) is 0.502. The van der Waals surface area contributed by atoms with Gasteiger partial charge in [-0.1, -0.05) is 66.2 Å². The van der Waals surface area contributed by atoms with Gasteiger partial charge in [-0.05, 0) is 40.7 Å². The fraction of sp³-hybridized carbons (Fsp3) is 0.455. The van der Waals surface area contributed by atoms with Gasteiger partial charge in [0, 0.05) is 30.5 Å². The van der Waals surface area contributed by atoms with Crippen LogP contribution in [0.4, 0.5) is 0 Å². The minimum Gasteiger partial charge on any atom is -0.392 e. The number of hydrogen-bond acceptors (Lipinski definition) is 3. The van der Waals surface area contributed by atoms with Crippen LogP contribution in [-0.4, -0.2) is 47.0 Å². The SMILES string of the molecule is CC1CN(CC(O)Cc2ccccc2-c2ccc(Br)cc2)CC(C)C1O. The van der Waals surface area contributed by atoms with Crippen molar-refractivity contribution in [2.24, 2.45) is 11.8 Å². The molecule has 0 radical (unpaired) electrons. The van der Waals surface area contributed by atoms with E-state index in [9.17, 15) is 10.2 Å². The number of aliphatic hydroxyl groups excluding tert-OH is 2. The third kappa shape index (κ3) is 4.74. The molecule has 3 nitrogen and oxygen atoms in total. The summed E-state index contributed by atoms with van der Waals surface area (Å²) in [5.41, 5.74) is 3.51. The Bertz CT molecular complexity index is 706. The van der Waals surface area contributed by atoms with Crippen LogP contribution in [0, 0.1) is 11.8 Å². The van der Waals surface area contributed by atoms with Gasteiger partial charge in [-0.25, -0.2) is 0 Å². The zero-order chi connectivity index (χ0) is 18.7. The molecule has 0 saturated carbocycles. The first-order valence-electron chi connectivity index (χ1n) is 9.36. The largest absolute Gasteiger partial charge is 0.392 e. The lowest BCUT2D eigenvalue weighted by molar-refractivity contribution is -0.0214. The highest BCUT2D eigenvalue weighted by Gasteiger charge is 2.31. The summed E-state index contributed by atoms with van der Waals surface area (Å²) in [7, 11) is 0. The van der Waals surface area contributed by atoms with Gasteiger partial charge in [0.15, 0.2) is 0 Å². The molecule has 0 amide bonds. The van der Waals surface area contributed by atoms with Crippen molar-refractivity contribution in [1.29, 1.82) is 0 Å². The zero-order valence-corrected chi connectivity index (χ0v) is 17.1. The maximum Gasteiger partial charge on any atom is 0.0707 e. The lowest BCUT2D eigenvalue weighted by Gasteiger charge is -2.39. The van der Waals surface area contributed by atoms with Crippen LogP contribution in [0.15, 0.2) is 53.0 Å². The van der Waals surface area contributed by atoms with E-state index in [1.54, 1.807) is 0 Å². The van der Waals surface area contributed by atoms with E-state index in [4.69, 9.17) is 0 Å². The van der Waals surface area contributed by atoms with Crippen LogP contribution < -0.4 is 0 Å². The smallest absolute Gasteiger partial charge is 0.0707 e. The molecule has 1 aliphatic rings. The second-order valence-electron chi connectivity index (χ2n) is 7.69. The molecular formula is C22H28BrNO2. The van der Waals surface area contributed by atoms with Gasteiger partial charge in [-0.2, -0.15) is 0 Å². The van der Waals surface area contributed by atoms with Crippen LogP contribution in [0.1, 0.15) is 19.4 Å². The van der Waals surface area contributed by atoms with Crippen LogP contribution in [0.5, 0.6) is 0 Å². The minimum atomic E-state index is -0.416. The first kappa shape index (κ1) is 19.6. The van der Waals surface area contributed by atoms with Crippen LogP contribution in [0.2, 0.25) is 0 Å². The Balaban J connectivity index is 1.68. The lowest BCUT2D eigenvalue weighted by Crippen LogP contribution is -2.49. The number of likely N-dealkylation sites (tertiary alicyclic amines) is 1. The second kappa shape index (κ2) is 8.66. The van der Waals surface area contributed by atoms with E-state index in [2.05, 4.69) is 58.9 Å². The molecule has 2 aromatic rings. The number of rotatable bonds is 5. The maximum absolute atomic E-state index is 10.7. The van der Waals surface area contributed by atoms with Crippen LogP contribution in [0.3, 0.4) is 0 Å². The molecule has 2 N–H and O–H groups in total. The summed E-state index contributed by atoms with van der Waals surface area (Å²) in [6, 6.07) is 16.6. The standard InChI is InChI=1S/C22H28BrNO2/c1-15-12-24(13-16(2)22(15)26)14-20(25)11-18-5-3-4-6-21(18)17-7-9-19(23)10-8-17/h3-10,15-16,20,22,25-26H,11-14H2,1-2H3. The van der Waals surface area contributed by atoms with Crippen molar-refractivity contribution in [3.05, 3.63) is 58.6 Å². The van der Waals surface area contributed by atoms with E-state index < -0.39 is 6.10 Å². The molecule has 1 aliphatic heterocycles. The van der Waals surface area contributed by atoms with E-state index in [-0.39, 0.29) is 17.9 Å². The third-order valence-corrected chi connectivity index (χ3v) is 5.88. The first-order chi connectivity index (χ1) is 12.4. The zero-order valence-electron chi connectivity index (χ0n) is 15.5. The van der Waals surface area contributed by atoms with Crippen molar-refractivity contribution >= 4 is 15.9 Å². The molecule has 1 saturated heterocycles. The van der Waals surface area contributed by atoms with Crippen LogP contribution in [0.25, 0.3) is 11.1 Å². The number of piperidine rings is 1. The Morgan fingerprint density at radius 3 is 2.31 bits per heavy atom. The summed E-state index contributed by atoms with van der Waals surface area (Å²) >= 11 is 3.48. The van der Waals surface area contributed by atoms with E-state index >= 15 is 0 Å². The Kier molecular flexibility index (Phi) is 6.51. The van der Waals surface area contributed by atoms with Crippen molar-refractivity contribution in [3.8, 4) is 11.1 Å². The van der Waals surface area contributed by atoms with Crippen molar-refractivity contribution in [2.75, 3.05) is 19.6 Å². The van der Waals surface area contributed by atoms with Gasteiger partial charge < -0.3 is 15.1 Å². The summed E-state index contributed by atoms with van der Waals surface area (Å²) < 4.78 is 1.06. The van der Waals surface area contributed by atoms with E-state index in [0.717, 1.165) is 17.6 Å². The monoisotopic (exact) mass is 417 g/mol. The number of aliphatic hydroxyl groups is 2. The summed E-state index contributed by atoms with van der Waals surface area (Å²) in [4.78, 5) is 2.29. The molecule has 1 fully saturated rings. The highest BCUT2D eigenvalue weighted by molar-refractivity contribution is 9.10. The van der Waals surface area contributed by atoms with Crippen molar-refractivity contribution in [3.63, 3.8) is 0 Å². The van der Waals surface area contributed by atoms with Gasteiger partial charge in [0.1, 0.15) is 0 Å². The van der Waals surface area contributed by atoms with Gasteiger partial charge in [-0.15, -0.1) is 0 Å². The third-order valence-electron chi connectivity index (χ3n) is 5.36. The Morgan fingerprint density at radius 2 is 1.65 bits per heavy atom. The lowest BCUT2D eigenvalue weighted by atomic mass is 9.88. The topological polar surface area (TPSA) is 43.7 Å². The molecule has 0 aromatic heterocycles. The van der Waals surface area contributed by atoms with Gasteiger partial charge in [0.05, 0.1) is 12.2 Å². The molecule has 0 bridgehead atoms. The fourth-order valence-corrected chi connectivity index (χ4v) is 4.31. The first-order valence-corrected chi connectivity index (χ1v) is 10.2. The van der Waals surface area contributed by atoms with Crippen molar-refractivity contribution in [2.45, 2.75) is 32.5 Å². The number of halogens is 1. The minimum absolute atomic E-state index is 0.235. The molecule has 1 heterocycles. The molecular weight excluding hydrogens is 390 g/mol. The molecule has 3 atom stereocenters. The molecule has 3 rings (SSSR count). The number of hydrogen-bond donors (Lipinski definition) is 2. The van der Waals surface area contributed by atoms with Crippen LogP contribution >= 0.6 is 15.9 Å². The van der Waals surface area contributed by atoms with E-state index in [1.165, 1.54) is 16.7 Å². The molecule has 3 unspecified atom stereocenters. The summed E-state index contributed by atoms with van der Waals surface area (Å²) in [6.07, 6.45) is -0.0172. The Hall–Kier alpha value is -1.20. The molecule has 26 heavy (non-hydrogen) atoms. The number of benzene rings is 2. The molecule has 0 spiro atoms. The maximum atomic E-state index is 10.7. The number of nitrogens with zero attached hydrogens (tertiary/aromatic N) is 1. The fourth-order valence-electron chi connectivity index (χ4n) is 4.04. The van der Waals surface area contributed by atoms with E-state index in [0.29, 0.717) is 13.0 Å². The Morgan fingerprint density at radius 1 is 1.04 bits per heavy atom. The highest BCUT2D eigenvalue weighted by atomic mass is 79.9. The van der Waals surface area contributed by atoms with Crippen molar-refractivity contribution < 1.29 is 10.2 Å². The second-order valence-corrected chi connectivity index (χ2v) is 8.60. The molecule has 0 aliphatic carbocycles. The molecule has 2 aromatic carbocycles. The average molecular weight is 418 g/mol. The Labute approximate surface area is 164 Å². The van der Waals surface area contributed by atoms with Gasteiger partial charge in [0.25, 0.3) is 0 Å². The molecule has 4 heteroatoms. The number of β-amino-alcohol motifs (C(OH)–C–C–N with tert-alkyl or cyclic N) is 1. The molecule has 140 valence electrons. The quantitative estimate of drug-likeness (QED) is 0.773. The van der Waals surface area contributed by atoms with Gasteiger partial charge in [0.2, 0.25) is 0 Å². The summed E-state index contributed by atoms with van der Waals surface area (Å²) in [6.45, 7) is 6.51.